The van der Waals surface area contributed by atoms with E-state index in [0.29, 0.717) is 24.3 Å². The first-order valence-corrected chi connectivity index (χ1v) is 10.2. The summed E-state index contributed by atoms with van der Waals surface area (Å²) in [6, 6.07) is 7.76. The zero-order valence-electron chi connectivity index (χ0n) is 15.5. The van der Waals surface area contributed by atoms with E-state index in [4.69, 9.17) is 4.74 Å². The molecule has 0 unspecified atom stereocenters. The summed E-state index contributed by atoms with van der Waals surface area (Å²) in [4.78, 5) is 1.76. The second-order valence-corrected chi connectivity index (χ2v) is 8.33. The molecule has 2 aromatic rings. The summed E-state index contributed by atoms with van der Waals surface area (Å²) in [6.07, 6.45) is -2.78. The third kappa shape index (κ3) is 4.19. The number of sulfonamides is 1. The third-order valence-electron chi connectivity index (χ3n) is 4.62. The molecule has 1 aliphatic heterocycles. The number of benzene rings is 2. The quantitative estimate of drug-likeness (QED) is 0.787. The lowest BCUT2D eigenvalue weighted by Gasteiger charge is -2.23. The Kier molecular flexibility index (Phi) is 5.47. The van der Waals surface area contributed by atoms with Crippen molar-refractivity contribution in [1.29, 1.82) is 0 Å². The molecule has 9 heteroatoms. The van der Waals surface area contributed by atoms with E-state index < -0.39 is 21.8 Å². The van der Waals surface area contributed by atoms with E-state index in [1.807, 2.05) is 4.90 Å². The molecule has 1 N–H and O–H groups in total. The molecule has 2 aromatic carbocycles. The number of aryl methyl sites for hydroxylation is 1. The lowest BCUT2D eigenvalue weighted by molar-refractivity contribution is -0.137. The van der Waals surface area contributed by atoms with Gasteiger partial charge in [0.2, 0.25) is 0 Å². The Labute approximate surface area is 162 Å². The number of nitrogens with zero attached hydrogens (tertiary/aromatic N) is 1. The molecule has 0 amide bonds. The largest absolute Gasteiger partial charge is 0.495 e. The molecule has 0 radical (unpaired) electrons. The van der Waals surface area contributed by atoms with Crippen LogP contribution in [0.5, 0.6) is 5.75 Å². The summed E-state index contributed by atoms with van der Waals surface area (Å²) in [5.41, 5.74) is 0.107. The van der Waals surface area contributed by atoms with Crippen molar-refractivity contribution in [2.45, 2.75) is 30.8 Å². The van der Waals surface area contributed by atoms with E-state index >= 15 is 0 Å². The smallest absolute Gasteiger partial charge is 0.416 e. The number of nitrogens with one attached hydrogen (secondary N) is 1. The zero-order chi connectivity index (χ0) is 20.5. The topological polar surface area (TPSA) is 58.6 Å². The number of rotatable bonds is 5. The number of halogens is 3. The monoisotopic (exact) mass is 414 g/mol. The number of anilines is 2. The van der Waals surface area contributed by atoms with E-state index in [1.54, 1.807) is 13.0 Å². The zero-order valence-corrected chi connectivity index (χ0v) is 16.3. The molecular formula is C19H21F3N2O3S. The molecule has 1 fully saturated rings. The second-order valence-electron chi connectivity index (χ2n) is 6.68. The minimum Gasteiger partial charge on any atom is -0.495 e. The Morgan fingerprint density at radius 1 is 1.07 bits per heavy atom. The normalized spacial score (nSPS) is 15.0. The molecule has 28 heavy (non-hydrogen) atoms. The van der Waals surface area contributed by atoms with E-state index in [0.717, 1.165) is 25.0 Å². The van der Waals surface area contributed by atoms with Crippen LogP contribution in [-0.2, 0) is 16.2 Å². The molecule has 5 nitrogen and oxygen atoms in total. The summed E-state index contributed by atoms with van der Waals surface area (Å²) in [5.74, 6) is 0.118. The Balaban J connectivity index is 2.07. The Morgan fingerprint density at radius 3 is 2.36 bits per heavy atom. The fourth-order valence-corrected chi connectivity index (χ4v) is 4.54. The van der Waals surface area contributed by atoms with Crippen molar-refractivity contribution >= 4 is 21.4 Å². The maximum absolute atomic E-state index is 13.2. The first-order chi connectivity index (χ1) is 13.1. The lowest BCUT2D eigenvalue weighted by atomic mass is 10.1. The number of hydrogen-bond donors (Lipinski definition) is 1. The van der Waals surface area contributed by atoms with Gasteiger partial charge in [-0.05, 0) is 55.7 Å². The second kappa shape index (κ2) is 7.54. The molecule has 1 heterocycles. The van der Waals surface area contributed by atoms with Crippen LogP contribution in [-0.4, -0.2) is 28.6 Å². The Hall–Kier alpha value is -2.42. The predicted octanol–water partition coefficient (Wildman–Crippen LogP) is 4.42. The van der Waals surface area contributed by atoms with Crippen LogP contribution in [0.1, 0.15) is 24.0 Å². The summed E-state index contributed by atoms with van der Waals surface area (Å²) in [6.45, 7) is 3.04. The Morgan fingerprint density at radius 2 is 1.75 bits per heavy atom. The number of hydrogen-bond acceptors (Lipinski definition) is 4. The highest BCUT2D eigenvalue weighted by atomic mass is 32.2. The van der Waals surface area contributed by atoms with Crippen LogP contribution in [0.25, 0.3) is 0 Å². The van der Waals surface area contributed by atoms with Gasteiger partial charge in [-0.1, -0.05) is 6.07 Å². The minimum atomic E-state index is -4.58. The van der Waals surface area contributed by atoms with Crippen LogP contribution in [0.15, 0.2) is 41.3 Å². The summed E-state index contributed by atoms with van der Waals surface area (Å²) in [7, 11) is -2.82. The molecular weight excluding hydrogens is 393 g/mol. The number of ether oxygens (including phenoxy) is 1. The average molecular weight is 414 g/mol. The van der Waals surface area contributed by atoms with Crippen LogP contribution in [0, 0.1) is 6.92 Å². The SMILES string of the molecule is COc1ccc(C)cc1S(=O)(=O)Nc1cc(C(F)(F)F)ccc1N1CCCC1. The van der Waals surface area contributed by atoms with Crippen molar-refractivity contribution < 1.29 is 26.3 Å². The minimum absolute atomic E-state index is 0.0970. The molecule has 0 saturated carbocycles. The van der Waals surface area contributed by atoms with Crippen molar-refractivity contribution in [2.75, 3.05) is 29.8 Å². The van der Waals surface area contributed by atoms with Crippen LogP contribution >= 0.6 is 0 Å². The van der Waals surface area contributed by atoms with E-state index in [1.165, 1.54) is 25.3 Å². The summed E-state index contributed by atoms with van der Waals surface area (Å²) >= 11 is 0. The van der Waals surface area contributed by atoms with Gasteiger partial charge in [0, 0.05) is 13.1 Å². The third-order valence-corrected chi connectivity index (χ3v) is 6.01. The van der Waals surface area contributed by atoms with Crippen molar-refractivity contribution in [1.82, 2.24) is 0 Å². The highest BCUT2D eigenvalue weighted by Crippen LogP contribution is 2.38. The summed E-state index contributed by atoms with van der Waals surface area (Å²) < 4.78 is 73.0. The van der Waals surface area contributed by atoms with Crippen LogP contribution in [0.3, 0.4) is 0 Å². The van der Waals surface area contributed by atoms with Crippen molar-refractivity contribution in [3.05, 3.63) is 47.5 Å². The maximum Gasteiger partial charge on any atom is 0.416 e. The highest BCUT2D eigenvalue weighted by molar-refractivity contribution is 7.92. The molecule has 3 rings (SSSR count). The van der Waals surface area contributed by atoms with Crippen LogP contribution < -0.4 is 14.4 Å². The number of methoxy groups -OCH3 is 1. The Bertz CT molecular complexity index is 969. The van der Waals surface area contributed by atoms with Gasteiger partial charge in [0.1, 0.15) is 10.6 Å². The summed E-state index contributed by atoms with van der Waals surface area (Å²) in [5, 5.41) is 0. The van der Waals surface area contributed by atoms with Gasteiger partial charge in [0.05, 0.1) is 24.0 Å². The molecule has 0 spiro atoms. The van der Waals surface area contributed by atoms with Gasteiger partial charge in [-0.2, -0.15) is 13.2 Å². The van der Waals surface area contributed by atoms with E-state index in [-0.39, 0.29) is 16.3 Å². The van der Waals surface area contributed by atoms with E-state index in [2.05, 4.69) is 4.72 Å². The standard InChI is InChI=1S/C19H21F3N2O3S/c1-13-5-8-17(27-2)18(11-13)28(25,26)23-15-12-14(19(20,21)22)6-7-16(15)24-9-3-4-10-24/h5-8,11-12,23H,3-4,9-10H2,1-2H3. The maximum atomic E-state index is 13.2. The van der Waals surface area contributed by atoms with Gasteiger partial charge < -0.3 is 9.64 Å². The molecule has 0 aliphatic carbocycles. The van der Waals surface area contributed by atoms with Crippen LogP contribution in [0.4, 0.5) is 24.5 Å². The van der Waals surface area contributed by atoms with Crippen molar-refractivity contribution in [3.63, 3.8) is 0 Å². The molecule has 1 saturated heterocycles. The molecule has 0 bridgehead atoms. The first kappa shape index (κ1) is 20.3. The molecule has 0 aromatic heterocycles. The van der Waals surface area contributed by atoms with Gasteiger partial charge in [-0.15, -0.1) is 0 Å². The van der Waals surface area contributed by atoms with Crippen molar-refractivity contribution in [3.8, 4) is 5.75 Å². The van der Waals surface area contributed by atoms with Gasteiger partial charge in [0.25, 0.3) is 10.0 Å². The fourth-order valence-electron chi connectivity index (χ4n) is 3.22. The highest BCUT2D eigenvalue weighted by Gasteiger charge is 2.32. The van der Waals surface area contributed by atoms with Crippen LogP contribution in [0.2, 0.25) is 0 Å². The lowest BCUT2D eigenvalue weighted by Crippen LogP contribution is -2.22. The van der Waals surface area contributed by atoms with Gasteiger partial charge in [0.15, 0.2) is 0 Å². The van der Waals surface area contributed by atoms with Crippen molar-refractivity contribution in [2.24, 2.45) is 0 Å². The molecule has 0 atom stereocenters. The molecule has 1 aliphatic rings. The van der Waals surface area contributed by atoms with Gasteiger partial charge in [-0.3, -0.25) is 4.72 Å². The average Bonchev–Trinajstić information content (AvgIpc) is 3.15. The van der Waals surface area contributed by atoms with E-state index in [9.17, 15) is 21.6 Å². The van der Waals surface area contributed by atoms with Gasteiger partial charge in [-0.25, -0.2) is 8.42 Å². The predicted molar refractivity (Wildman–Crippen MR) is 101 cm³/mol. The van der Waals surface area contributed by atoms with Gasteiger partial charge >= 0.3 is 6.18 Å². The fraction of sp³-hybridized carbons (Fsp3) is 0.368. The molecule has 152 valence electrons. The number of alkyl halides is 3. The first-order valence-electron chi connectivity index (χ1n) is 8.75.